The summed E-state index contributed by atoms with van der Waals surface area (Å²) in [7, 11) is 1.69. The maximum atomic E-state index is 12.9. The van der Waals surface area contributed by atoms with Gasteiger partial charge in [0.25, 0.3) is 0 Å². The summed E-state index contributed by atoms with van der Waals surface area (Å²) in [5.74, 6) is 0.505. The number of nitrogens with one attached hydrogen (secondary N) is 2. The minimum absolute atomic E-state index is 0.0949. The molecule has 2 aliphatic rings. The second kappa shape index (κ2) is 7.41. The van der Waals surface area contributed by atoms with Gasteiger partial charge in [0.15, 0.2) is 0 Å². The van der Waals surface area contributed by atoms with Crippen molar-refractivity contribution in [2.24, 2.45) is 0 Å². The number of likely N-dealkylation sites (N-methyl/N-ethyl adjacent to an activating group) is 1. The van der Waals surface area contributed by atoms with Crippen LogP contribution in [-0.4, -0.2) is 49.6 Å². The van der Waals surface area contributed by atoms with E-state index in [4.69, 9.17) is 0 Å². The highest BCUT2D eigenvalue weighted by molar-refractivity contribution is 5.77. The number of benzene rings is 1. The number of carbonyl (C=O) groups is 1. The molecule has 0 radical (unpaired) electrons. The lowest BCUT2D eigenvalue weighted by Gasteiger charge is -2.41. The Balaban J connectivity index is 1.36. The molecular formula is C18H26FN3O. The van der Waals surface area contributed by atoms with E-state index in [9.17, 15) is 9.18 Å². The molecule has 23 heavy (non-hydrogen) atoms. The highest BCUT2D eigenvalue weighted by Gasteiger charge is 2.32. The summed E-state index contributed by atoms with van der Waals surface area (Å²) >= 11 is 0. The fourth-order valence-electron chi connectivity index (χ4n) is 3.63. The average molecular weight is 319 g/mol. The van der Waals surface area contributed by atoms with E-state index in [2.05, 4.69) is 15.5 Å². The smallest absolute Gasteiger partial charge is 0.233 e. The van der Waals surface area contributed by atoms with Gasteiger partial charge in [-0.25, -0.2) is 4.39 Å². The molecule has 1 aliphatic carbocycles. The molecule has 1 aromatic rings. The van der Waals surface area contributed by atoms with Crippen LogP contribution in [0.1, 0.15) is 37.2 Å². The normalized spacial score (nSPS) is 25.8. The molecule has 0 spiro atoms. The van der Waals surface area contributed by atoms with Gasteiger partial charge in [-0.15, -0.1) is 0 Å². The lowest BCUT2D eigenvalue weighted by atomic mass is 9.75. The Morgan fingerprint density at radius 2 is 1.83 bits per heavy atom. The second-order valence-electron chi connectivity index (χ2n) is 6.81. The number of hydrogen-bond acceptors (Lipinski definition) is 3. The van der Waals surface area contributed by atoms with E-state index < -0.39 is 0 Å². The predicted molar refractivity (Wildman–Crippen MR) is 88.8 cm³/mol. The number of amides is 1. The van der Waals surface area contributed by atoms with Crippen LogP contribution in [0.25, 0.3) is 0 Å². The van der Waals surface area contributed by atoms with Gasteiger partial charge < -0.3 is 10.6 Å². The third kappa shape index (κ3) is 4.30. The lowest BCUT2D eigenvalue weighted by Crippen LogP contribution is -2.51. The summed E-state index contributed by atoms with van der Waals surface area (Å²) < 4.78 is 12.9. The zero-order chi connectivity index (χ0) is 16.2. The van der Waals surface area contributed by atoms with Crippen molar-refractivity contribution in [2.75, 3.05) is 26.7 Å². The molecule has 0 aromatic heterocycles. The third-order valence-electron chi connectivity index (χ3n) is 5.18. The third-order valence-corrected chi connectivity index (χ3v) is 5.18. The molecule has 1 aliphatic heterocycles. The first kappa shape index (κ1) is 16.4. The zero-order valence-electron chi connectivity index (χ0n) is 13.7. The van der Waals surface area contributed by atoms with E-state index in [-0.39, 0.29) is 11.7 Å². The minimum Gasteiger partial charge on any atom is -0.358 e. The van der Waals surface area contributed by atoms with Gasteiger partial charge >= 0.3 is 0 Å². The van der Waals surface area contributed by atoms with Crippen molar-refractivity contribution in [3.63, 3.8) is 0 Å². The molecule has 1 saturated carbocycles. The molecule has 1 heterocycles. The number of rotatable bonds is 5. The number of likely N-dealkylation sites (tertiary alicyclic amines) is 1. The van der Waals surface area contributed by atoms with Gasteiger partial charge in [-0.3, -0.25) is 9.69 Å². The summed E-state index contributed by atoms with van der Waals surface area (Å²) in [5, 5.41) is 6.43. The monoisotopic (exact) mass is 319 g/mol. The molecule has 5 heteroatoms. The first-order valence-corrected chi connectivity index (χ1v) is 8.58. The molecule has 4 nitrogen and oxygen atoms in total. The Bertz CT molecular complexity index is 520. The quantitative estimate of drug-likeness (QED) is 0.871. The highest BCUT2D eigenvalue weighted by atomic mass is 19.1. The van der Waals surface area contributed by atoms with Crippen LogP contribution in [0.4, 0.5) is 4.39 Å². The molecule has 1 aromatic carbocycles. The van der Waals surface area contributed by atoms with Crippen molar-refractivity contribution in [1.82, 2.24) is 15.5 Å². The van der Waals surface area contributed by atoms with Gasteiger partial charge in [-0.05, 0) is 49.3 Å². The second-order valence-corrected chi connectivity index (χ2v) is 6.81. The Morgan fingerprint density at radius 1 is 1.17 bits per heavy atom. The van der Waals surface area contributed by atoms with Crippen LogP contribution < -0.4 is 10.6 Å². The Labute approximate surface area is 137 Å². The summed E-state index contributed by atoms with van der Waals surface area (Å²) in [6, 6.07) is 8.08. The molecule has 2 fully saturated rings. The molecule has 0 atom stereocenters. The first-order valence-electron chi connectivity index (χ1n) is 8.58. The van der Waals surface area contributed by atoms with Gasteiger partial charge in [0, 0.05) is 32.2 Å². The molecule has 1 saturated heterocycles. The predicted octanol–water partition coefficient (Wildman–Crippen LogP) is 1.87. The van der Waals surface area contributed by atoms with Crippen LogP contribution >= 0.6 is 0 Å². The van der Waals surface area contributed by atoms with Crippen molar-refractivity contribution in [3.05, 3.63) is 35.6 Å². The summed E-state index contributed by atoms with van der Waals surface area (Å²) in [6.45, 7) is 2.48. The van der Waals surface area contributed by atoms with E-state index >= 15 is 0 Å². The topological polar surface area (TPSA) is 44.4 Å². The molecule has 3 rings (SSSR count). The van der Waals surface area contributed by atoms with Gasteiger partial charge in [0.2, 0.25) is 5.91 Å². The molecule has 126 valence electrons. The number of nitrogens with zero attached hydrogens (tertiary/aromatic N) is 1. The van der Waals surface area contributed by atoms with Crippen molar-refractivity contribution in [2.45, 2.75) is 43.7 Å². The molecule has 2 N–H and O–H groups in total. The highest BCUT2D eigenvalue weighted by Crippen LogP contribution is 2.37. The standard InChI is InChI=1S/C18H26FN3O/c1-20-18(23)12-22-8-6-16(7-9-22)21-17-10-14(11-17)13-2-4-15(19)5-3-13/h2-5,14,16-17,21H,6-12H2,1H3,(H,20,23). The Morgan fingerprint density at radius 3 is 2.43 bits per heavy atom. The lowest BCUT2D eigenvalue weighted by molar-refractivity contribution is -0.122. The summed E-state index contributed by atoms with van der Waals surface area (Å²) in [5.41, 5.74) is 1.25. The van der Waals surface area contributed by atoms with Gasteiger partial charge in [0.1, 0.15) is 5.82 Å². The number of carbonyl (C=O) groups excluding carboxylic acids is 1. The fraction of sp³-hybridized carbons (Fsp3) is 0.611. The van der Waals surface area contributed by atoms with Gasteiger partial charge in [-0.1, -0.05) is 12.1 Å². The first-order chi connectivity index (χ1) is 11.1. The van der Waals surface area contributed by atoms with E-state index in [1.54, 1.807) is 19.2 Å². The largest absolute Gasteiger partial charge is 0.358 e. The molecule has 0 unspecified atom stereocenters. The van der Waals surface area contributed by atoms with Crippen molar-refractivity contribution < 1.29 is 9.18 Å². The SMILES string of the molecule is CNC(=O)CN1CCC(NC2CC(c3ccc(F)cc3)C2)CC1. The van der Waals surface area contributed by atoms with Gasteiger partial charge in [0.05, 0.1) is 6.54 Å². The van der Waals surface area contributed by atoms with Crippen LogP contribution in [0.15, 0.2) is 24.3 Å². The summed E-state index contributed by atoms with van der Waals surface area (Å²) in [4.78, 5) is 13.6. The minimum atomic E-state index is -0.161. The Kier molecular flexibility index (Phi) is 5.28. The number of hydrogen-bond donors (Lipinski definition) is 2. The van der Waals surface area contributed by atoms with Crippen LogP contribution in [0, 0.1) is 5.82 Å². The Hall–Kier alpha value is -1.46. The maximum Gasteiger partial charge on any atom is 0.233 e. The van der Waals surface area contributed by atoms with Crippen molar-refractivity contribution >= 4 is 5.91 Å². The average Bonchev–Trinajstić information content (AvgIpc) is 2.53. The number of piperidine rings is 1. The van der Waals surface area contributed by atoms with Crippen molar-refractivity contribution in [1.29, 1.82) is 0 Å². The zero-order valence-corrected chi connectivity index (χ0v) is 13.7. The van der Waals surface area contributed by atoms with Crippen LogP contribution in [-0.2, 0) is 4.79 Å². The number of halogens is 1. The van der Waals surface area contributed by atoms with Gasteiger partial charge in [-0.2, -0.15) is 0 Å². The summed E-state index contributed by atoms with van der Waals surface area (Å²) in [6.07, 6.45) is 4.50. The molecule has 0 bridgehead atoms. The molecule has 1 amide bonds. The van der Waals surface area contributed by atoms with Crippen LogP contribution in [0.2, 0.25) is 0 Å². The van der Waals surface area contributed by atoms with E-state index in [0.29, 0.717) is 24.5 Å². The van der Waals surface area contributed by atoms with E-state index in [1.165, 1.54) is 5.56 Å². The van der Waals surface area contributed by atoms with Crippen LogP contribution in [0.3, 0.4) is 0 Å². The van der Waals surface area contributed by atoms with E-state index in [1.807, 2.05) is 12.1 Å². The van der Waals surface area contributed by atoms with Crippen LogP contribution in [0.5, 0.6) is 0 Å². The fourth-order valence-corrected chi connectivity index (χ4v) is 3.63. The van der Waals surface area contributed by atoms with Crippen molar-refractivity contribution in [3.8, 4) is 0 Å². The maximum absolute atomic E-state index is 12.9. The van der Waals surface area contributed by atoms with E-state index in [0.717, 1.165) is 38.8 Å². The molecular weight excluding hydrogens is 293 g/mol.